The van der Waals surface area contributed by atoms with Gasteiger partial charge in [-0.2, -0.15) is 0 Å². The number of hydrogen-bond acceptors (Lipinski definition) is 4. The summed E-state index contributed by atoms with van der Waals surface area (Å²) in [6, 6.07) is 6.52. The largest absolute Gasteiger partial charge is 0.426 e. The zero-order chi connectivity index (χ0) is 27.3. The summed E-state index contributed by atoms with van der Waals surface area (Å²) in [5.74, 6) is 2.95. The van der Waals surface area contributed by atoms with Crippen LogP contribution in [0.4, 0.5) is 0 Å². The molecular weight excluding hydrogens is 470 g/mol. The molecule has 4 nitrogen and oxygen atoms in total. The maximum absolute atomic E-state index is 12.7. The molecule has 1 aliphatic heterocycles. The van der Waals surface area contributed by atoms with E-state index in [4.69, 9.17) is 4.74 Å². The summed E-state index contributed by atoms with van der Waals surface area (Å²) < 4.78 is 5.88. The van der Waals surface area contributed by atoms with E-state index in [1.165, 1.54) is 43.2 Å². The van der Waals surface area contributed by atoms with E-state index < -0.39 is 0 Å². The summed E-state index contributed by atoms with van der Waals surface area (Å²) in [6.45, 7) is 17.0. The fraction of sp³-hybridized carbons (Fsp3) is 0.794. The molecule has 0 unspecified atom stereocenters. The number of rotatable bonds is 8. The van der Waals surface area contributed by atoms with E-state index in [2.05, 4.69) is 58.6 Å². The highest BCUT2D eigenvalue weighted by Gasteiger charge is 2.62. The number of nitrogens with zero attached hydrogens (tertiary/aromatic N) is 1. The van der Waals surface area contributed by atoms with Crippen molar-refractivity contribution in [3.63, 3.8) is 0 Å². The molecule has 3 aliphatic carbocycles. The van der Waals surface area contributed by atoms with Gasteiger partial charge in [0.15, 0.2) is 0 Å². The van der Waals surface area contributed by atoms with Gasteiger partial charge >= 0.3 is 5.97 Å². The Bertz CT molecular complexity index is 1010. The van der Waals surface area contributed by atoms with Crippen LogP contribution in [0.1, 0.15) is 116 Å². The molecule has 3 fully saturated rings. The van der Waals surface area contributed by atoms with E-state index in [1.54, 1.807) is 0 Å². The van der Waals surface area contributed by atoms with E-state index in [0.717, 1.165) is 45.2 Å². The van der Waals surface area contributed by atoms with Gasteiger partial charge in [0.05, 0.1) is 12.6 Å². The zero-order valence-corrected chi connectivity index (χ0v) is 25.0. The Balaban J connectivity index is 1.42. The smallest absolute Gasteiger partial charge is 0.325 e. The Morgan fingerprint density at radius 1 is 1.16 bits per heavy atom. The van der Waals surface area contributed by atoms with Gasteiger partial charge in [0.2, 0.25) is 0 Å². The third kappa shape index (κ3) is 5.21. The van der Waals surface area contributed by atoms with E-state index >= 15 is 0 Å². The second-order valence-electron chi connectivity index (χ2n) is 15.1. The predicted molar refractivity (Wildman–Crippen MR) is 154 cm³/mol. The molecule has 0 spiro atoms. The molecule has 0 bridgehead atoms. The quantitative estimate of drug-likeness (QED) is 0.285. The Hall–Kier alpha value is -1.39. The summed E-state index contributed by atoms with van der Waals surface area (Å²) in [5, 5.41) is 11.1. The Morgan fingerprint density at radius 3 is 2.61 bits per heavy atom. The van der Waals surface area contributed by atoms with Gasteiger partial charge < -0.3 is 9.84 Å². The number of ether oxygens (including phenoxy) is 1. The van der Waals surface area contributed by atoms with Gasteiger partial charge in [-0.25, -0.2) is 0 Å². The zero-order valence-electron chi connectivity index (χ0n) is 25.0. The molecule has 1 heterocycles. The molecule has 1 N–H and O–H groups in total. The second-order valence-corrected chi connectivity index (χ2v) is 15.1. The van der Waals surface area contributed by atoms with Crippen LogP contribution in [0.25, 0.3) is 0 Å². The maximum Gasteiger partial charge on any atom is 0.325 e. The fourth-order valence-electron chi connectivity index (χ4n) is 9.77. The molecule has 1 aromatic carbocycles. The van der Waals surface area contributed by atoms with Crippen molar-refractivity contribution < 1.29 is 14.6 Å². The van der Waals surface area contributed by atoms with Gasteiger partial charge in [0.1, 0.15) is 5.75 Å². The summed E-state index contributed by atoms with van der Waals surface area (Å²) in [5.41, 5.74) is 3.44. The van der Waals surface area contributed by atoms with Crippen molar-refractivity contribution in [2.24, 2.45) is 34.0 Å². The van der Waals surface area contributed by atoms with Crippen molar-refractivity contribution in [1.29, 1.82) is 0 Å². The first-order chi connectivity index (χ1) is 17.9. The third-order valence-corrected chi connectivity index (χ3v) is 11.5. The highest BCUT2D eigenvalue weighted by molar-refractivity contribution is 5.74. The molecule has 212 valence electrons. The maximum atomic E-state index is 12.7. The van der Waals surface area contributed by atoms with Gasteiger partial charge in [-0.1, -0.05) is 47.6 Å². The van der Waals surface area contributed by atoms with Crippen LogP contribution >= 0.6 is 0 Å². The third-order valence-electron chi connectivity index (χ3n) is 11.5. The lowest BCUT2D eigenvalue weighted by Crippen LogP contribution is -2.54. The molecule has 4 heteroatoms. The highest BCUT2D eigenvalue weighted by atomic mass is 16.5. The number of esters is 1. The van der Waals surface area contributed by atoms with Crippen molar-refractivity contribution in [3.05, 3.63) is 29.3 Å². The average Bonchev–Trinajstić information content (AvgIpc) is 3.44. The number of aliphatic hydroxyl groups is 1. The topological polar surface area (TPSA) is 49.8 Å². The van der Waals surface area contributed by atoms with Gasteiger partial charge in [0.25, 0.3) is 0 Å². The Morgan fingerprint density at radius 2 is 1.89 bits per heavy atom. The lowest BCUT2D eigenvalue weighted by Gasteiger charge is -2.60. The monoisotopic (exact) mass is 523 g/mol. The van der Waals surface area contributed by atoms with Crippen molar-refractivity contribution >= 4 is 5.97 Å². The van der Waals surface area contributed by atoms with Gasteiger partial charge in [-0.3, -0.25) is 9.69 Å². The van der Waals surface area contributed by atoms with Gasteiger partial charge in [-0.15, -0.1) is 0 Å². The first-order valence-electron chi connectivity index (χ1n) is 15.7. The summed E-state index contributed by atoms with van der Waals surface area (Å²) in [6.07, 6.45) is 11.3. The predicted octanol–water partition coefficient (Wildman–Crippen LogP) is 7.37. The molecule has 1 saturated heterocycles. The first-order valence-corrected chi connectivity index (χ1v) is 15.7. The SMILES string of the molecule is CC(C)CC(C)(C)CC[C@@H]1Cc2cc(OC(=O)CN3CCCC3)ccc2[C@H]2CC[C@@]3(C)[C@@H](CC[C@@H]3O)[C@]12C. The molecular formula is C34H53NO3. The number of aliphatic hydroxyl groups excluding tert-OH is 1. The van der Waals surface area contributed by atoms with Crippen LogP contribution in [0.15, 0.2) is 18.2 Å². The normalized spacial score (nSPS) is 35.2. The number of fused-ring (bicyclic) bond motifs is 5. The van der Waals surface area contributed by atoms with Gasteiger partial charge in [-0.05, 0) is 140 Å². The standard InChI is InChI=1S/C34H53NO3/c1-23(2)21-32(3,4)15-13-25-19-24-20-26(38-31(37)22-35-17-7-8-18-35)9-10-27(24)28-14-16-33(5)29(34(25,28)6)11-12-30(33)36/h9-10,20,23,25,28-30,36H,7-8,11-19,21-22H2,1-6H3/t25-,28-,29-,30+,33+,34-/m1/s1. The molecule has 2 saturated carbocycles. The molecule has 5 rings (SSSR count). The number of benzene rings is 1. The van der Waals surface area contributed by atoms with Crippen molar-refractivity contribution in [3.8, 4) is 5.75 Å². The molecule has 0 radical (unpaired) electrons. The van der Waals surface area contributed by atoms with Crippen LogP contribution in [0.2, 0.25) is 0 Å². The minimum atomic E-state index is -0.165. The summed E-state index contributed by atoms with van der Waals surface area (Å²) in [4.78, 5) is 14.9. The average molecular weight is 524 g/mol. The molecule has 0 aromatic heterocycles. The first kappa shape index (κ1) is 28.1. The van der Waals surface area contributed by atoms with Crippen LogP contribution in [0.5, 0.6) is 5.75 Å². The van der Waals surface area contributed by atoms with E-state index in [1.807, 2.05) is 6.07 Å². The van der Waals surface area contributed by atoms with Crippen LogP contribution in [-0.2, 0) is 11.2 Å². The van der Waals surface area contributed by atoms with E-state index in [9.17, 15) is 9.90 Å². The van der Waals surface area contributed by atoms with Crippen LogP contribution in [0, 0.1) is 34.0 Å². The van der Waals surface area contributed by atoms with Crippen molar-refractivity contribution in [2.45, 2.75) is 118 Å². The number of likely N-dealkylation sites (tertiary alicyclic amines) is 1. The molecule has 6 atom stereocenters. The minimum absolute atomic E-state index is 0.0412. The van der Waals surface area contributed by atoms with Crippen LogP contribution < -0.4 is 4.74 Å². The van der Waals surface area contributed by atoms with Crippen LogP contribution in [-0.4, -0.2) is 41.7 Å². The molecule has 38 heavy (non-hydrogen) atoms. The number of carbonyl (C=O) groups is 1. The van der Waals surface area contributed by atoms with E-state index in [0.29, 0.717) is 41.4 Å². The summed E-state index contributed by atoms with van der Waals surface area (Å²) >= 11 is 0. The lowest BCUT2D eigenvalue weighted by atomic mass is 9.44. The Labute approximate surface area is 231 Å². The van der Waals surface area contributed by atoms with Gasteiger partial charge in [0, 0.05) is 0 Å². The van der Waals surface area contributed by atoms with Crippen molar-refractivity contribution in [2.75, 3.05) is 19.6 Å². The Kier molecular flexibility index (Phi) is 7.81. The second kappa shape index (κ2) is 10.5. The summed E-state index contributed by atoms with van der Waals surface area (Å²) in [7, 11) is 0. The number of hydrogen-bond donors (Lipinski definition) is 1. The molecule has 1 aromatic rings. The fourth-order valence-corrected chi connectivity index (χ4v) is 9.77. The number of carbonyl (C=O) groups excluding carboxylic acids is 1. The molecule has 4 aliphatic rings. The highest BCUT2D eigenvalue weighted by Crippen LogP contribution is 2.69. The lowest BCUT2D eigenvalue weighted by molar-refractivity contribution is -0.135. The van der Waals surface area contributed by atoms with Crippen molar-refractivity contribution in [1.82, 2.24) is 4.90 Å². The van der Waals surface area contributed by atoms with Crippen LogP contribution in [0.3, 0.4) is 0 Å². The molecule has 0 amide bonds. The minimum Gasteiger partial charge on any atom is -0.426 e. The van der Waals surface area contributed by atoms with E-state index in [-0.39, 0.29) is 22.9 Å².